The van der Waals surface area contributed by atoms with Gasteiger partial charge in [0.2, 0.25) is 0 Å². The van der Waals surface area contributed by atoms with E-state index in [2.05, 4.69) is 17.2 Å². The molecule has 0 aromatic carbocycles. The second-order valence-corrected chi connectivity index (χ2v) is 8.71. The number of hydrogen-bond acceptors (Lipinski definition) is 5. The molecule has 8 nitrogen and oxygen atoms in total. The number of unbranched alkanes of at least 4 members (excludes halogenated alkanes) is 7. The van der Waals surface area contributed by atoms with Crippen molar-refractivity contribution in [1.82, 2.24) is 10.2 Å². The minimum Gasteiger partial charge on any atom is -0.383 e. The first-order valence-corrected chi connectivity index (χ1v) is 13.2. The van der Waals surface area contributed by atoms with Crippen LogP contribution < -0.4 is 16.8 Å². The number of amides is 1. The van der Waals surface area contributed by atoms with Gasteiger partial charge in [0, 0.05) is 25.7 Å². The number of carbonyl (C=O) groups is 2. The molecule has 1 heterocycles. The van der Waals surface area contributed by atoms with Crippen LogP contribution >= 0.6 is 0 Å². The standard InChI is InChI=1S/C23H45N5O3.C2H6/c1-2-3-4-5-6-7-8-9-14-21(30)22(31)28-16-11-13-20(28)17-27-19(18-29)12-10-15-26-23(24)25;1-2/h18-21,27,30H,2-17H2,1H3,(H4,24,25,26);1-2H3/t19-,20-,21+;/m0./s1. The number of aldehydes is 1. The molecule has 0 saturated carbocycles. The van der Waals surface area contributed by atoms with E-state index >= 15 is 0 Å². The number of carbonyl (C=O) groups excluding carboxylic acids is 2. The molecular formula is C25H51N5O3. The minimum atomic E-state index is -0.915. The lowest BCUT2D eigenvalue weighted by molar-refractivity contribution is -0.141. The van der Waals surface area contributed by atoms with Crippen LogP contribution in [-0.2, 0) is 9.59 Å². The Morgan fingerprint density at radius 1 is 1.09 bits per heavy atom. The van der Waals surface area contributed by atoms with Crippen molar-refractivity contribution in [3.63, 3.8) is 0 Å². The average Bonchev–Trinajstić information content (AvgIpc) is 3.29. The average molecular weight is 470 g/mol. The second-order valence-electron chi connectivity index (χ2n) is 8.71. The van der Waals surface area contributed by atoms with Crippen LogP contribution in [0.25, 0.3) is 0 Å². The lowest BCUT2D eigenvalue weighted by Gasteiger charge is -2.28. The minimum absolute atomic E-state index is 0.0286. The summed E-state index contributed by atoms with van der Waals surface area (Å²) in [5, 5.41) is 13.6. The van der Waals surface area contributed by atoms with Gasteiger partial charge in [-0.05, 0) is 32.1 Å². The van der Waals surface area contributed by atoms with Crippen LogP contribution in [0.4, 0.5) is 0 Å². The number of nitrogens with zero attached hydrogens (tertiary/aromatic N) is 2. The molecule has 0 unspecified atom stereocenters. The Morgan fingerprint density at radius 3 is 2.33 bits per heavy atom. The first-order chi connectivity index (χ1) is 16.0. The maximum absolute atomic E-state index is 12.7. The van der Waals surface area contributed by atoms with Gasteiger partial charge in [0.1, 0.15) is 12.4 Å². The summed E-state index contributed by atoms with van der Waals surface area (Å²) in [6.07, 6.45) is 13.2. The van der Waals surface area contributed by atoms with Crippen molar-refractivity contribution in [1.29, 1.82) is 0 Å². The van der Waals surface area contributed by atoms with E-state index in [-0.39, 0.29) is 24.0 Å². The van der Waals surface area contributed by atoms with Crippen LogP contribution in [0.3, 0.4) is 0 Å². The Labute approximate surface area is 201 Å². The van der Waals surface area contributed by atoms with Crippen molar-refractivity contribution in [2.24, 2.45) is 16.5 Å². The van der Waals surface area contributed by atoms with Gasteiger partial charge in [-0.2, -0.15) is 0 Å². The number of likely N-dealkylation sites (tertiary alicyclic amines) is 1. The Balaban J connectivity index is 0.00000497. The first kappa shape index (κ1) is 31.3. The van der Waals surface area contributed by atoms with Crippen molar-refractivity contribution in [3.05, 3.63) is 0 Å². The summed E-state index contributed by atoms with van der Waals surface area (Å²) in [7, 11) is 0. The van der Waals surface area contributed by atoms with Crippen LogP contribution in [0, 0.1) is 0 Å². The number of nitrogens with one attached hydrogen (secondary N) is 1. The summed E-state index contributed by atoms with van der Waals surface area (Å²) in [6, 6.07) is -0.255. The van der Waals surface area contributed by atoms with Gasteiger partial charge in [0.05, 0.1) is 6.04 Å². The van der Waals surface area contributed by atoms with Crippen molar-refractivity contribution in [2.75, 3.05) is 19.6 Å². The van der Waals surface area contributed by atoms with Gasteiger partial charge in [-0.3, -0.25) is 9.79 Å². The summed E-state index contributed by atoms with van der Waals surface area (Å²) in [6.45, 7) is 7.95. The van der Waals surface area contributed by atoms with Crippen molar-refractivity contribution in [3.8, 4) is 0 Å². The number of nitrogens with two attached hydrogens (primary N) is 2. The number of guanidine groups is 1. The number of rotatable bonds is 18. The lowest BCUT2D eigenvalue weighted by atomic mass is 10.0. The third-order valence-corrected chi connectivity index (χ3v) is 6.02. The number of aliphatic imine (C=N–C) groups is 1. The largest absolute Gasteiger partial charge is 0.383 e. The molecule has 0 radical (unpaired) electrons. The molecule has 8 heteroatoms. The van der Waals surface area contributed by atoms with Crippen LogP contribution in [0.1, 0.15) is 104 Å². The van der Waals surface area contributed by atoms with E-state index in [9.17, 15) is 14.7 Å². The molecule has 0 aliphatic carbocycles. The molecule has 1 rings (SSSR count). The maximum Gasteiger partial charge on any atom is 0.251 e. The van der Waals surface area contributed by atoms with Crippen LogP contribution in [-0.4, -0.2) is 66.0 Å². The molecule has 1 saturated heterocycles. The summed E-state index contributed by atoms with van der Waals surface area (Å²) < 4.78 is 0. The molecular weight excluding hydrogens is 418 g/mol. The topological polar surface area (TPSA) is 134 Å². The Kier molecular flexibility index (Phi) is 19.8. The summed E-state index contributed by atoms with van der Waals surface area (Å²) in [4.78, 5) is 29.8. The molecule has 1 aliphatic rings. The molecule has 1 aliphatic heterocycles. The van der Waals surface area contributed by atoms with Crippen molar-refractivity contribution >= 4 is 18.2 Å². The van der Waals surface area contributed by atoms with Gasteiger partial charge in [-0.1, -0.05) is 72.1 Å². The quantitative estimate of drug-likeness (QED) is 0.105. The van der Waals surface area contributed by atoms with Gasteiger partial charge in [0.15, 0.2) is 5.96 Å². The molecule has 0 aromatic rings. The smallest absolute Gasteiger partial charge is 0.251 e. The summed E-state index contributed by atoms with van der Waals surface area (Å²) >= 11 is 0. The number of hydrogen-bond donors (Lipinski definition) is 4. The SMILES string of the molecule is CC.CCCCCCCCCC[C@@H](O)C(=O)N1CCC[C@H]1CN[C@H](C=O)CCCN=C(N)N. The summed E-state index contributed by atoms with van der Waals surface area (Å²) in [5.74, 6) is -0.107. The van der Waals surface area contributed by atoms with Crippen LogP contribution in [0.5, 0.6) is 0 Å². The molecule has 6 N–H and O–H groups in total. The lowest BCUT2D eigenvalue weighted by Crippen LogP contribution is -2.48. The van der Waals surface area contributed by atoms with E-state index in [1.807, 2.05) is 13.8 Å². The Morgan fingerprint density at radius 2 is 1.73 bits per heavy atom. The fourth-order valence-electron chi connectivity index (χ4n) is 4.15. The van der Waals surface area contributed by atoms with Gasteiger partial charge >= 0.3 is 0 Å². The third-order valence-electron chi connectivity index (χ3n) is 6.02. The van der Waals surface area contributed by atoms with E-state index in [1.54, 1.807) is 4.90 Å². The van der Waals surface area contributed by atoms with E-state index in [4.69, 9.17) is 11.5 Å². The van der Waals surface area contributed by atoms with Crippen LogP contribution in [0.2, 0.25) is 0 Å². The van der Waals surface area contributed by atoms with Gasteiger partial charge < -0.3 is 31.6 Å². The molecule has 0 bridgehead atoms. The fraction of sp³-hybridized carbons (Fsp3) is 0.880. The highest BCUT2D eigenvalue weighted by atomic mass is 16.3. The predicted molar refractivity (Wildman–Crippen MR) is 137 cm³/mol. The normalized spacial score (nSPS) is 17.1. The van der Waals surface area contributed by atoms with Gasteiger partial charge in [0.25, 0.3) is 5.91 Å². The van der Waals surface area contributed by atoms with E-state index in [0.717, 1.165) is 32.0 Å². The van der Waals surface area contributed by atoms with E-state index < -0.39 is 6.10 Å². The highest BCUT2D eigenvalue weighted by Crippen LogP contribution is 2.20. The fourth-order valence-corrected chi connectivity index (χ4v) is 4.15. The molecule has 1 amide bonds. The van der Waals surface area contributed by atoms with Crippen molar-refractivity contribution < 1.29 is 14.7 Å². The first-order valence-electron chi connectivity index (χ1n) is 13.2. The van der Waals surface area contributed by atoms with E-state index in [1.165, 1.54) is 38.5 Å². The molecule has 33 heavy (non-hydrogen) atoms. The highest BCUT2D eigenvalue weighted by molar-refractivity contribution is 5.81. The Hall–Kier alpha value is -1.67. The zero-order chi connectivity index (χ0) is 24.9. The Bertz CT molecular complexity index is 526. The molecule has 0 spiro atoms. The molecule has 3 atom stereocenters. The van der Waals surface area contributed by atoms with Crippen LogP contribution in [0.15, 0.2) is 4.99 Å². The second kappa shape index (κ2) is 20.9. The number of aliphatic hydroxyl groups is 1. The summed E-state index contributed by atoms with van der Waals surface area (Å²) in [5.41, 5.74) is 10.6. The zero-order valence-electron chi connectivity index (χ0n) is 21.4. The third kappa shape index (κ3) is 15.0. The monoisotopic (exact) mass is 469 g/mol. The molecule has 0 aromatic heterocycles. The van der Waals surface area contributed by atoms with Crippen molar-refractivity contribution in [2.45, 2.75) is 122 Å². The zero-order valence-corrected chi connectivity index (χ0v) is 21.4. The maximum atomic E-state index is 12.7. The number of aliphatic hydroxyl groups excluding tert-OH is 1. The molecule has 194 valence electrons. The highest BCUT2D eigenvalue weighted by Gasteiger charge is 2.32. The van der Waals surface area contributed by atoms with Gasteiger partial charge in [-0.15, -0.1) is 0 Å². The van der Waals surface area contributed by atoms with E-state index in [0.29, 0.717) is 38.9 Å². The molecule has 1 fully saturated rings. The van der Waals surface area contributed by atoms with Gasteiger partial charge in [-0.25, -0.2) is 0 Å². The predicted octanol–water partition coefficient (Wildman–Crippen LogP) is 3.11.